The molecule has 1 fully saturated rings. The fraction of sp³-hybridized carbons (Fsp3) is 0.632. The Labute approximate surface area is 140 Å². The van der Waals surface area contributed by atoms with Crippen LogP contribution in [0.2, 0.25) is 0 Å². The SMILES string of the molecule is CCCOc1ccc(NC(=O)CC(C)C2CCNCC2)c(C)c1. The smallest absolute Gasteiger partial charge is 0.224 e. The van der Waals surface area contributed by atoms with Crippen LogP contribution in [0, 0.1) is 18.8 Å². The quantitative estimate of drug-likeness (QED) is 0.805. The van der Waals surface area contributed by atoms with E-state index in [2.05, 4.69) is 24.5 Å². The fourth-order valence-electron chi connectivity index (χ4n) is 3.16. The minimum atomic E-state index is 0.112. The number of benzene rings is 1. The van der Waals surface area contributed by atoms with Gasteiger partial charge in [-0.15, -0.1) is 0 Å². The molecule has 1 amide bonds. The van der Waals surface area contributed by atoms with Gasteiger partial charge in [0.2, 0.25) is 5.91 Å². The first-order valence-electron chi connectivity index (χ1n) is 8.84. The predicted octanol–water partition coefficient (Wildman–Crippen LogP) is 3.75. The standard InChI is InChI=1S/C19H30N2O2/c1-4-11-23-17-5-6-18(15(3)12-17)21-19(22)13-14(2)16-7-9-20-10-8-16/h5-6,12,14,16,20H,4,7-11,13H2,1-3H3,(H,21,22). The van der Waals surface area contributed by atoms with Crippen molar-refractivity contribution in [3.63, 3.8) is 0 Å². The lowest BCUT2D eigenvalue weighted by Crippen LogP contribution is -2.32. The second kappa shape index (κ2) is 8.92. The number of piperidine rings is 1. The molecule has 0 bridgehead atoms. The number of ether oxygens (including phenoxy) is 1. The van der Waals surface area contributed by atoms with Crippen LogP contribution in [-0.4, -0.2) is 25.6 Å². The molecule has 0 saturated carbocycles. The number of rotatable bonds is 7. The minimum absolute atomic E-state index is 0.112. The molecule has 2 rings (SSSR count). The van der Waals surface area contributed by atoms with Crippen molar-refractivity contribution in [3.8, 4) is 5.75 Å². The molecular weight excluding hydrogens is 288 g/mol. The molecule has 4 heteroatoms. The summed E-state index contributed by atoms with van der Waals surface area (Å²) in [5.74, 6) is 2.07. The van der Waals surface area contributed by atoms with Gasteiger partial charge in [0.25, 0.3) is 0 Å². The van der Waals surface area contributed by atoms with E-state index in [1.54, 1.807) is 0 Å². The van der Waals surface area contributed by atoms with Gasteiger partial charge in [0.15, 0.2) is 0 Å². The van der Waals surface area contributed by atoms with Crippen LogP contribution in [0.15, 0.2) is 18.2 Å². The normalized spacial score (nSPS) is 16.8. The Balaban J connectivity index is 1.86. The van der Waals surface area contributed by atoms with Gasteiger partial charge in [0.05, 0.1) is 6.61 Å². The molecule has 0 aliphatic carbocycles. The van der Waals surface area contributed by atoms with Crippen molar-refractivity contribution >= 4 is 11.6 Å². The summed E-state index contributed by atoms with van der Waals surface area (Å²) in [5.41, 5.74) is 1.93. The average Bonchev–Trinajstić information content (AvgIpc) is 2.56. The summed E-state index contributed by atoms with van der Waals surface area (Å²) in [6.45, 7) is 9.17. The van der Waals surface area contributed by atoms with Crippen LogP contribution >= 0.6 is 0 Å². The van der Waals surface area contributed by atoms with E-state index in [0.29, 0.717) is 18.3 Å². The van der Waals surface area contributed by atoms with E-state index >= 15 is 0 Å². The number of amides is 1. The highest BCUT2D eigenvalue weighted by Crippen LogP contribution is 2.26. The summed E-state index contributed by atoms with van der Waals surface area (Å²) in [7, 11) is 0. The van der Waals surface area contributed by atoms with Crippen molar-refractivity contribution < 1.29 is 9.53 Å². The maximum absolute atomic E-state index is 12.3. The Hall–Kier alpha value is -1.55. The van der Waals surface area contributed by atoms with E-state index in [4.69, 9.17) is 4.74 Å². The van der Waals surface area contributed by atoms with E-state index in [9.17, 15) is 4.79 Å². The molecule has 0 radical (unpaired) electrons. The van der Waals surface area contributed by atoms with Gasteiger partial charge in [-0.05, 0) is 74.9 Å². The van der Waals surface area contributed by atoms with Gasteiger partial charge in [-0.2, -0.15) is 0 Å². The molecule has 2 N–H and O–H groups in total. The summed E-state index contributed by atoms with van der Waals surface area (Å²) in [6.07, 6.45) is 3.94. The van der Waals surface area contributed by atoms with Crippen LogP contribution in [0.25, 0.3) is 0 Å². The molecule has 23 heavy (non-hydrogen) atoms. The average molecular weight is 318 g/mol. The highest BCUT2D eigenvalue weighted by atomic mass is 16.5. The number of nitrogens with one attached hydrogen (secondary N) is 2. The van der Waals surface area contributed by atoms with Gasteiger partial charge in [-0.25, -0.2) is 0 Å². The third-order valence-corrected chi connectivity index (χ3v) is 4.64. The zero-order valence-electron chi connectivity index (χ0n) is 14.7. The Kier molecular flexibility index (Phi) is 6.90. The van der Waals surface area contributed by atoms with Crippen molar-refractivity contribution in [1.82, 2.24) is 5.32 Å². The zero-order valence-corrected chi connectivity index (χ0v) is 14.7. The van der Waals surface area contributed by atoms with E-state index in [-0.39, 0.29) is 5.91 Å². The molecule has 1 unspecified atom stereocenters. The van der Waals surface area contributed by atoms with E-state index in [1.807, 2.05) is 25.1 Å². The number of aryl methyl sites for hydroxylation is 1. The van der Waals surface area contributed by atoms with E-state index in [1.165, 1.54) is 12.8 Å². The lowest BCUT2D eigenvalue weighted by Gasteiger charge is -2.28. The number of anilines is 1. The first-order chi connectivity index (χ1) is 11.1. The highest BCUT2D eigenvalue weighted by Gasteiger charge is 2.22. The van der Waals surface area contributed by atoms with Gasteiger partial charge in [0.1, 0.15) is 5.75 Å². The third-order valence-electron chi connectivity index (χ3n) is 4.64. The van der Waals surface area contributed by atoms with Crippen LogP contribution in [0.4, 0.5) is 5.69 Å². The van der Waals surface area contributed by atoms with Crippen LogP contribution in [-0.2, 0) is 4.79 Å². The topological polar surface area (TPSA) is 50.4 Å². The zero-order chi connectivity index (χ0) is 16.7. The third kappa shape index (κ3) is 5.54. The molecule has 1 atom stereocenters. The summed E-state index contributed by atoms with van der Waals surface area (Å²) in [4.78, 5) is 12.3. The number of carbonyl (C=O) groups excluding carboxylic acids is 1. The summed E-state index contributed by atoms with van der Waals surface area (Å²) < 4.78 is 5.62. The van der Waals surface area contributed by atoms with E-state index < -0.39 is 0 Å². The van der Waals surface area contributed by atoms with Crippen molar-refractivity contribution in [3.05, 3.63) is 23.8 Å². The first kappa shape index (κ1) is 17.8. The molecular formula is C19H30N2O2. The van der Waals surface area contributed by atoms with Gasteiger partial charge in [-0.1, -0.05) is 13.8 Å². The maximum atomic E-state index is 12.3. The molecule has 128 valence electrons. The summed E-state index contributed by atoms with van der Waals surface area (Å²) in [6, 6.07) is 5.85. The van der Waals surface area contributed by atoms with Crippen LogP contribution in [0.3, 0.4) is 0 Å². The van der Waals surface area contributed by atoms with Gasteiger partial charge in [-0.3, -0.25) is 4.79 Å². The molecule has 4 nitrogen and oxygen atoms in total. The first-order valence-corrected chi connectivity index (χ1v) is 8.84. The van der Waals surface area contributed by atoms with Gasteiger partial charge >= 0.3 is 0 Å². The molecule has 1 heterocycles. The van der Waals surface area contributed by atoms with Crippen LogP contribution in [0.5, 0.6) is 5.75 Å². The summed E-state index contributed by atoms with van der Waals surface area (Å²) >= 11 is 0. The molecule has 1 aromatic rings. The van der Waals surface area contributed by atoms with Gasteiger partial charge in [0, 0.05) is 12.1 Å². The number of carbonyl (C=O) groups is 1. The predicted molar refractivity (Wildman–Crippen MR) is 95.0 cm³/mol. The second-order valence-electron chi connectivity index (χ2n) is 6.64. The van der Waals surface area contributed by atoms with Crippen molar-refractivity contribution in [2.24, 2.45) is 11.8 Å². The minimum Gasteiger partial charge on any atom is -0.494 e. The summed E-state index contributed by atoms with van der Waals surface area (Å²) in [5, 5.41) is 6.43. The van der Waals surface area contributed by atoms with Crippen molar-refractivity contribution in [1.29, 1.82) is 0 Å². The Morgan fingerprint density at radius 1 is 1.39 bits per heavy atom. The number of hydrogen-bond donors (Lipinski definition) is 2. The Bertz CT molecular complexity index is 510. The Morgan fingerprint density at radius 2 is 2.13 bits per heavy atom. The maximum Gasteiger partial charge on any atom is 0.224 e. The fourth-order valence-corrected chi connectivity index (χ4v) is 3.16. The monoisotopic (exact) mass is 318 g/mol. The molecule has 1 aromatic carbocycles. The lowest BCUT2D eigenvalue weighted by atomic mass is 9.84. The molecule has 1 aliphatic rings. The van der Waals surface area contributed by atoms with Crippen LogP contribution in [0.1, 0.15) is 45.1 Å². The van der Waals surface area contributed by atoms with Crippen molar-refractivity contribution in [2.45, 2.75) is 46.5 Å². The Morgan fingerprint density at radius 3 is 2.78 bits per heavy atom. The van der Waals surface area contributed by atoms with Crippen molar-refractivity contribution in [2.75, 3.05) is 25.0 Å². The largest absolute Gasteiger partial charge is 0.494 e. The van der Waals surface area contributed by atoms with Gasteiger partial charge < -0.3 is 15.4 Å². The molecule has 0 spiro atoms. The molecule has 1 saturated heterocycles. The number of hydrogen-bond acceptors (Lipinski definition) is 3. The highest BCUT2D eigenvalue weighted by molar-refractivity contribution is 5.91. The molecule has 1 aliphatic heterocycles. The van der Waals surface area contributed by atoms with E-state index in [0.717, 1.165) is 43.1 Å². The van der Waals surface area contributed by atoms with Crippen LogP contribution < -0.4 is 15.4 Å². The lowest BCUT2D eigenvalue weighted by molar-refractivity contribution is -0.117. The molecule has 0 aromatic heterocycles. The second-order valence-corrected chi connectivity index (χ2v) is 6.64.